The minimum atomic E-state index is 0.543. The number of nitrogens with zero attached hydrogens (tertiary/aromatic N) is 3. The molecule has 0 N–H and O–H groups in total. The van der Waals surface area contributed by atoms with Gasteiger partial charge in [-0.2, -0.15) is 0 Å². The van der Waals surface area contributed by atoms with E-state index in [4.69, 9.17) is 9.15 Å². The van der Waals surface area contributed by atoms with Crippen LogP contribution in [0, 0.1) is 6.92 Å². The predicted molar refractivity (Wildman–Crippen MR) is 111 cm³/mol. The molecule has 0 radical (unpaired) electrons. The van der Waals surface area contributed by atoms with Gasteiger partial charge in [0.15, 0.2) is 0 Å². The van der Waals surface area contributed by atoms with Crippen molar-refractivity contribution in [2.45, 2.75) is 46.7 Å². The lowest BCUT2D eigenvalue weighted by atomic mass is 10.1. The second-order valence-electron chi connectivity index (χ2n) is 7.02. The number of aryl methyl sites for hydroxylation is 1. The van der Waals surface area contributed by atoms with Crippen molar-refractivity contribution < 1.29 is 9.15 Å². The Labute approximate surface area is 167 Å². The van der Waals surface area contributed by atoms with Crippen molar-refractivity contribution in [3.8, 4) is 17.2 Å². The van der Waals surface area contributed by atoms with E-state index in [1.165, 1.54) is 11.1 Å². The molecule has 0 saturated carbocycles. The van der Waals surface area contributed by atoms with Crippen molar-refractivity contribution in [1.82, 2.24) is 15.1 Å². The third-order valence-corrected chi connectivity index (χ3v) is 4.63. The molecule has 0 aliphatic rings. The molecule has 5 heteroatoms. The monoisotopic (exact) mass is 379 g/mol. The Balaban J connectivity index is 1.61. The summed E-state index contributed by atoms with van der Waals surface area (Å²) in [5, 5.41) is 8.45. The largest absolute Gasteiger partial charge is 0.494 e. The fourth-order valence-electron chi connectivity index (χ4n) is 3.00. The average molecular weight is 380 g/mol. The van der Waals surface area contributed by atoms with Crippen molar-refractivity contribution in [1.29, 1.82) is 0 Å². The molecule has 0 bridgehead atoms. The average Bonchev–Trinajstić information content (AvgIpc) is 3.17. The first-order chi connectivity index (χ1) is 13.7. The molecular formula is C23H29N3O2. The van der Waals surface area contributed by atoms with Gasteiger partial charge in [0.2, 0.25) is 11.8 Å². The van der Waals surface area contributed by atoms with Gasteiger partial charge in [-0.25, -0.2) is 0 Å². The quantitative estimate of drug-likeness (QED) is 0.451. The number of benzene rings is 2. The highest BCUT2D eigenvalue weighted by Crippen LogP contribution is 2.22. The molecule has 28 heavy (non-hydrogen) atoms. The lowest BCUT2D eigenvalue weighted by molar-refractivity contribution is 0.243. The van der Waals surface area contributed by atoms with Gasteiger partial charge in [0.25, 0.3) is 0 Å². The lowest BCUT2D eigenvalue weighted by Crippen LogP contribution is -2.22. The van der Waals surface area contributed by atoms with E-state index in [-0.39, 0.29) is 0 Å². The summed E-state index contributed by atoms with van der Waals surface area (Å²) in [5.41, 5.74) is 3.47. The fourth-order valence-corrected chi connectivity index (χ4v) is 3.00. The molecule has 148 valence electrons. The van der Waals surface area contributed by atoms with E-state index in [1.54, 1.807) is 0 Å². The Morgan fingerprint density at radius 3 is 2.54 bits per heavy atom. The second-order valence-corrected chi connectivity index (χ2v) is 7.02. The zero-order valence-electron chi connectivity index (χ0n) is 17.0. The molecule has 0 amide bonds. The minimum absolute atomic E-state index is 0.543. The van der Waals surface area contributed by atoms with Gasteiger partial charge in [-0.05, 0) is 49.7 Å². The normalized spacial score (nSPS) is 11.1. The maximum atomic E-state index is 5.90. The summed E-state index contributed by atoms with van der Waals surface area (Å²) < 4.78 is 11.6. The highest BCUT2D eigenvalue weighted by molar-refractivity contribution is 5.53. The van der Waals surface area contributed by atoms with E-state index in [1.807, 2.05) is 24.3 Å². The van der Waals surface area contributed by atoms with E-state index >= 15 is 0 Å². The SMILES string of the molecule is CCCCOc1ccc(-c2nnc(CN(CC)Cc3cccc(C)c3)o2)cc1. The number of rotatable bonds is 10. The van der Waals surface area contributed by atoms with Gasteiger partial charge in [0, 0.05) is 12.1 Å². The molecule has 0 spiro atoms. The molecule has 0 saturated heterocycles. The summed E-state index contributed by atoms with van der Waals surface area (Å²) in [7, 11) is 0. The number of aromatic nitrogens is 2. The molecule has 1 aromatic heterocycles. The van der Waals surface area contributed by atoms with Crippen molar-refractivity contribution in [2.75, 3.05) is 13.2 Å². The summed E-state index contributed by atoms with van der Waals surface area (Å²) >= 11 is 0. The third-order valence-electron chi connectivity index (χ3n) is 4.63. The molecule has 2 aromatic carbocycles. The number of hydrogen-bond acceptors (Lipinski definition) is 5. The molecule has 3 rings (SSSR count). The van der Waals surface area contributed by atoms with Gasteiger partial charge in [-0.3, -0.25) is 4.90 Å². The molecule has 3 aromatic rings. The Morgan fingerprint density at radius 1 is 1.00 bits per heavy atom. The Bertz CT molecular complexity index is 858. The molecule has 5 nitrogen and oxygen atoms in total. The topological polar surface area (TPSA) is 51.4 Å². The maximum absolute atomic E-state index is 5.90. The van der Waals surface area contributed by atoms with Gasteiger partial charge in [-0.15, -0.1) is 10.2 Å². The summed E-state index contributed by atoms with van der Waals surface area (Å²) in [5.74, 6) is 2.04. The van der Waals surface area contributed by atoms with Crippen molar-refractivity contribution in [2.24, 2.45) is 0 Å². The van der Waals surface area contributed by atoms with E-state index < -0.39 is 0 Å². The van der Waals surface area contributed by atoms with Gasteiger partial charge in [-0.1, -0.05) is 50.1 Å². The van der Waals surface area contributed by atoms with Gasteiger partial charge < -0.3 is 9.15 Å². The van der Waals surface area contributed by atoms with E-state index in [9.17, 15) is 0 Å². The van der Waals surface area contributed by atoms with E-state index in [0.29, 0.717) is 18.3 Å². The van der Waals surface area contributed by atoms with Crippen LogP contribution in [0.1, 0.15) is 43.7 Å². The Kier molecular flexibility index (Phi) is 7.20. The Morgan fingerprint density at radius 2 is 1.82 bits per heavy atom. The van der Waals surface area contributed by atoms with Gasteiger partial charge in [0.1, 0.15) is 5.75 Å². The maximum Gasteiger partial charge on any atom is 0.247 e. The first-order valence-corrected chi connectivity index (χ1v) is 10.0. The molecule has 0 atom stereocenters. The van der Waals surface area contributed by atoms with Gasteiger partial charge in [0.05, 0.1) is 13.2 Å². The highest BCUT2D eigenvalue weighted by atomic mass is 16.5. The van der Waals surface area contributed by atoms with Gasteiger partial charge >= 0.3 is 0 Å². The first-order valence-electron chi connectivity index (χ1n) is 10.0. The second kappa shape index (κ2) is 10.0. The van der Waals surface area contributed by atoms with Crippen LogP contribution < -0.4 is 4.74 Å². The highest BCUT2D eigenvalue weighted by Gasteiger charge is 2.13. The molecular weight excluding hydrogens is 350 g/mol. The molecule has 1 heterocycles. The summed E-state index contributed by atoms with van der Waals surface area (Å²) in [6.07, 6.45) is 2.19. The molecule has 0 fully saturated rings. The van der Waals surface area contributed by atoms with Crippen LogP contribution in [0.15, 0.2) is 52.9 Å². The summed E-state index contributed by atoms with van der Waals surface area (Å²) in [4.78, 5) is 2.29. The zero-order chi connectivity index (χ0) is 19.8. The zero-order valence-corrected chi connectivity index (χ0v) is 17.0. The van der Waals surface area contributed by atoms with Crippen molar-refractivity contribution >= 4 is 0 Å². The number of ether oxygens (including phenoxy) is 1. The first kappa shape index (κ1) is 20.1. The van der Waals surface area contributed by atoms with Crippen molar-refractivity contribution in [3.63, 3.8) is 0 Å². The van der Waals surface area contributed by atoms with Crippen LogP contribution in [0.5, 0.6) is 5.75 Å². The fraction of sp³-hybridized carbons (Fsp3) is 0.391. The summed E-state index contributed by atoms with van der Waals surface area (Å²) in [6.45, 7) is 9.56. The van der Waals surface area contributed by atoms with Crippen LogP contribution in [0.4, 0.5) is 0 Å². The molecule has 0 aliphatic heterocycles. The van der Waals surface area contributed by atoms with Crippen LogP contribution >= 0.6 is 0 Å². The Hall–Kier alpha value is -2.66. The molecule has 0 aliphatic carbocycles. The lowest BCUT2D eigenvalue weighted by Gasteiger charge is -2.18. The van der Waals surface area contributed by atoms with Crippen molar-refractivity contribution in [3.05, 3.63) is 65.5 Å². The van der Waals surface area contributed by atoms with Crippen LogP contribution in [0.25, 0.3) is 11.5 Å². The minimum Gasteiger partial charge on any atom is -0.494 e. The van der Waals surface area contributed by atoms with Crippen LogP contribution in [-0.2, 0) is 13.1 Å². The summed E-state index contributed by atoms with van der Waals surface area (Å²) in [6, 6.07) is 16.4. The van der Waals surface area contributed by atoms with E-state index in [0.717, 1.165) is 43.9 Å². The van der Waals surface area contributed by atoms with E-state index in [2.05, 4.69) is 60.1 Å². The third kappa shape index (κ3) is 5.67. The molecule has 0 unspecified atom stereocenters. The van der Waals surface area contributed by atoms with Crippen LogP contribution in [0.3, 0.4) is 0 Å². The number of hydrogen-bond donors (Lipinski definition) is 0. The number of unbranched alkanes of at least 4 members (excludes halogenated alkanes) is 1. The smallest absolute Gasteiger partial charge is 0.247 e. The van der Waals surface area contributed by atoms with Crippen LogP contribution in [-0.4, -0.2) is 28.2 Å². The predicted octanol–water partition coefficient (Wildman–Crippen LogP) is 5.25. The standard InChI is InChI=1S/C23H29N3O2/c1-4-6-14-27-21-12-10-20(11-13-21)23-25-24-22(28-23)17-26(5-2)16-19-9-7-8-18(3)15-19/h7-13,15H,4-6,14,16-17H2,1-3H3. The van der Waals surface area contributed by atoms with Crippen LogP contribution in [0.2, 0.25) is 0 Å².